The Morgan fingerprint density at radius 1 is 1.24 bits per heavy atom. The topological polar surface area (TPSA) is 105 Å². The molecule has 3 aromatic rings. The molecule has 152 valence electrons. The lowest BCUT2D eigenvalue weighted by atomic mass is 10.2. The summed E-state index contributed by atoms with van der Waals surface area (Å²) in [6.45, 7) is 1.36. The van der Waals surface area contributed by atoms with E-state index in [4.69, 9.17) is 4.52 Å². The van der Waals surface area contributed by atoms with Gasteiger partial charge in [-0.15, -0.1) is 11.3 Å². The normalized spacial score (nSPS) is 14.4. The number of hydrogen-bond acceptors (Lipinski definition) is 7. The lowest BCUT2D eigenvalue weighted by Gasteiger charge is -2.10. The van der Waals surface area contributed by atoms with Crippen LogP contribution in [-0.4, -0.2) is 42.5 Å². The van der Waals surface area contributed by atoms with Crippen LogP contribution in [0.3, 0.4) is 0 Å². The Hall–Kier alpha value is -2.63. The molecule has 1 saturated heterocycles. The smallest absolute Gasteiger partial charge is 0.316 e. The summed E-state index contributed by atoms with van der Waals surface area (Å²) < 4.78 is 45.6. The lowest BCUT2D eigenvalue weighted by molar-refractivity contribution is 0.0743. The zero-order chi connectivity index (χ0) is 20.4. The van der Waals surface area contributed by atoms with Crippen LogP contribution in [0.15, 0.2) is 44.4 Å². The Bertz CT molecular complexity index is 1120. The third-order valence-corrected chi connectivity index (χ3v) is 7.32. The van der Waals surface area contributed by atoms with Crippen molar-refractivity contribution in [1.82, 2.24) is 19.8 Å². The molecule has 0 unspecified atom stereocenters. The van der Waals surface area contributed by atoms with E-state index in [1.807, 2.05) is 0 Å². The molecular weight excluding hydrogens is 419 g/mol. The van der Waals surface area contributed by atoms with Crippen LogP contribution in [-0.2, 0) is 16.6 Å². The Labute approximate surface area is 170 Å². The number of amides is 1. The molecule has 1 aromatic carbocycles. The molecule has 3 heterocycles. The number of likely N-dealkylation sites (tertiary alicyclic amines) is 1. The monoisotopic (exact) mass is 436 g/mol. The number of hydrogen-bond donors (Lipinski definition) is 1. The first-order chi connectivity index (χ1) is 13.9. The van der Waals surface area contributed by atoms with Crippen molar-refractivity contribution >= 4 is 27.3 Å². The van der Waals surface area contributed by atoms with E-state index in [2.05, 4.69) is 14.9 Å². The van der Waals surface area contributed by atoms with Gasteiger partial charge in [-0.1, -0.05) is 17.3 Å². The number of nitrogens with one attached hydrogen (secondary N) is 1. The fourth-order valence-corrected chi connectivity index (χ4v) is 5.13. The maximum atomic E-state index is 12.9. The van der Waals surface area contributed by atoms with Gasteiger partial charge in [0.15, 0.2) is 0 Å². The summed E-state index contributed by atoms with van der Waals surface area (Å²) in [5.74, 6) is -0.650. The number of nitrogens with zero attached hydrogens (tertiary/aromatic N) is 3. The minimum atomic E-state index is -3.76. The van der Waals surface area contributed by atoms with Crippen molar-refractivity contribution in [3.63, 3.8) is 0 Å². The van der Waals surface area contributed by atoms with E-state index < -0.39 is 10.0 Å². The van der Waals surface area contributed by atoms with Crippen molar-refractivity contribution in [3.8, 4) is 11.4 Å². The van der Waals surface area contributed by atoms with Crippen molar-refractivity contribution < 1.29 is 22.1 Å². The first-order valence-electron chi connectivity index (χ1n) is 8.88. The summed E-state index contributed by atoms with van der Waals surface area (Å²) in [6, 6.07) is 6.98. The molecular formula is C18H17FN4O4S2. The highest BCUT2D eigenvalue weighted by Crippen LogP contribution is 2.27. The molecule has 29 heavy (non-hydrogen) atoms. The van der Waals surface area contributed by atoms with Crippen molar-refractivity contribution in [1.29, 1.82) is 0 Å². The fraction of sp³-hybridized carbons (Fsp3) is 0.278. The average molecular weight is 436 g/mol. The van der Waals surface area contributed by atoms with Gasteiger partial charge in [-0.25, -0.2) is 17.5 Å². The third kappa shape index (κ3) is 4.36. The SMILES string of the molecule is O=C(c1nc(-c2csc(S(=O)(=O)NCc3ccc(F)cc3)c2)no1)N1CCCC1. The van der Waals surface area contributed by atoms with Crippen LogP contribution in [0.25, 0.3) is 11.4 Å². The summed E-state index contributed by atoms with van der Waals surface area (Å²) in [4.78, 5) is 18.1. The maximum absolute atomic E-state index is 12.9. The summed E-state index contributed by atoms with van der Waals surface area (Å²) in [5, 5.41) is 5.38. The molecule has 0 radical (unpaired) electrons. The highest BCUT2D eigenvalue weighted by atomic mass is 32.2. The first-order valence-corrected chi connectivity index (χ1v) is 11.2. The molecule has 1 fully saturated rings. The summed E-state index contributed by atoms with van der Waals surface area (Å²) in [6.07, 6.45) is 1.90. The van der Waals surface area contributed by atoms with Gasteiger partial charge in [0.2, 0.25) is 15.8 Å². The molecule has 0 aliphatic carbocycles. The molecule has 1 aliphatic heterocycles. The number of carbonyl (C=O) groups is 1. The van der Waals surface area contributed by atoms with E-state index in [9.17, 15) is 17.6 Å². The number of halogens is 1. The zero-order valence-corrected chi connectivity index (χ0v) is 16.8. The molecule has 2 aromatic heterocycles. The number of aromatic nitrogens is 2. The molecule has 8 nitrogen and oxygen atoms in total. The second kappa shape index (κ2) is 8.01. The van der Waals surface area contributed by atoms with Crippen LogP contribution in [0, 0.1) is 5.82 Å². The molecule has 0 spiro atoms. The summed E-state index contributed by atoms with van der Waals surface area (Å²) in [5.41, 5.74) is 1.08. The largest absolute Gasteiger partial charge is 0.334 e. The van der Waals surface area contributed by atoms with E-state index in [-0.39, 0.29) is 34.2 Å². The number of benzene rings is 1. The molecule has 4 rings (SSSR count). The average Bonchev–Trinajstić information content (AvgIpc) is 3.48. The maximum Gasteiger partial charge on any atom is 0.316 e. The molecule has 11 heteroatoms. The quantitative estimate of drug-likeness (QED) is 0.637. The highest BCUT2D eigenvalue weighted by Gasteiger charge is 2.26. The molecule has 0 bridgehead atoms. The minimum Gasteiger partial charge on any atom is -0.334 e. The molecule has 1 aliphatic rings. The van der Waals surface area contributed by atoms with Crippen LogP contribution in [0.5, 0.6) is 0 Å². The van der Waals surface area contributed by atoms with Gasteiger partial charge in [0.05, 0.1) is 0 Å². The van der Waals surface area contributed by atoms with E-state index in [1.54, 1.807) is 10.3 Å². The van der Waals surface area contributed by atoms with Crippen molar-refractivity contribution in [2.75, 3.05) is 13.1 Å². The predicted molar refractivity (Wildman–Crippen MR) is 103 cm³/mol. The second-order valence-electron chi connectivity index (χ2n) is 6.53. The van der Waals surface area contributed by atoms with Gasteiger partial charge in [0.1, 0.15) is 10.0 Å². The van der Waals surface area contributed by atoms with Crippen LogP contribution in [0.2, 0.25) is 0 Å². The van der Waals surface area contributed by atoms with Gasteiger partial charge in [0, 0.05) is 30.6 Å². The van der Waals surface area contributed by atoms with E-state index in [0.717, 1.165) is 24.2 Å². The van der Waals surface area contributed by atoms with Gasteiger partial charge in [0.25, 0.3) is 0 Å². The standard InChI is InChI=1S/C18H17FN4O4S2/c19-14-5-3-12(4-6-14)10-20-29(25,26)15-9-13(11-28-15)16-21-17(27-22-16)18(24)23-7-1-2-8-23/h3-6,9,11,20H,1-2,7-8,10H2. The Morgan fingerprint density at radius 3 is 2.69 bits per heavy atom. The van der Waals surface area contributed by atoms with E-state index >= 15 is 0 Å². The fourth-order valence-electron chi connectivity index (χ4n) is 2.91. The molecule has 1 N–H and O–H groups in total. The Morgan fingerprint density at radius 2 is 1.97 bits per heavy atom. The number of carbonyl (C=O) groups excluding carboxylic acids is 1. The Kier molecular flexibility index (Phi) is 5.43. The van der Waals surface area contributed by atoms with Crippen LogP contribution in [0.1, 0.15) is 29.1 Å². The van der Waals surface area contributed by atoms with Crippen LogP contribution < -0.4 is 4.72 Å². The van der Waals surface area contributed by atoms with Crippen molar-refractivity contribution in [3.05, 3.63) is 53.0 Å². The van der Waals surface area contributed by atoms with E-state index in [0.29, 0.717) is 24.2 Å². The van der Waals surface area contributed by atoms with Crippen LogP contribution in [0.4, 0.5) is 4.39 Å². The van der Waals surface area contributed by atoms with E-state index in [1.165, 1.54) is 30.3 Å². The van der Waals surface area contributed by atoms with Gasteiger partial charge in [-0.2, -0.15) is 4.98 Å². The van der Waals surface area contributed by atoms with Gasteiger partial charge in [-0.05, 0) is 36.6 Å². The highest BCUT2D eigenvalue weighted by molar-refractivity contribution is 7.91. The van der Waals surface area contributed by atoms with Crippen LogP contribution >= 0.6 is 11.3 Å². The molecule has 0 saturated carbocycles. The number of sulfonamides is 1. The second-order valence-corrected chi connectivity index (χ2v) is 9.43. The van der Waals surface area contributed by atoms with Crippen molar-refractivity contribution in [2.45, 2.75) is 23.6 Å². The molecule has 1 amide bonds. The Balaban J connectivity index is 1.46. The summed E-state index contributed by atoms with van der Waals surface area (Å²) >= 11 is 1.00. The molecule has 0 atom stereocenters. The minimum absolute atomic E-state index is 0.0343. The third-order valence-electron chi connectivity index (χ3n) is 4.48. The van der Waals surface area contributed by atoms with Gasteiger partial charge >= 0.3 is 11.8 Å². The number of thiophene rings is 1. The summed E-state index contributed by atoms with van der Waals surface area (Å²) in [7, 11) is -3.76. The number of rotatable bonds is 6. The van der Waals surface area contributed by atoms with Gasteiger partial charge < -0.3 is 9.42 Å². The predicted octanol–water partition coefficient (Wildman–Crippen LogP) is 2.65. The van der Waals surface area contributed by atoms with Crippen molar-refractivity contribution in [2.24, 2.45) is 0 Å². The first kappa shape index (κ1) is 19.7. The zero-order valence-electron chi connectivity index (χ0n) is 15.2. The van der Waals surface area contributed by atoms with Gasteiger partial charge in [-0.3, -0.25) is 4.79 Å². The lowest BCUT2D eigenvalue weighted by Crippen LogP contribution is -2.27.